The highest BCUT2D eigenvalue weighted by molar-refractivity contribution is 6.34. The van der Waals surface area contributed by atoms with Crippen LogP contribution in [0.5, 0.6) is 5.75 Å². The van der Waals surface area contributed by atoms with Gasteiger partial charge in [-0.3, -0.25) is 19.8 Å². The first kappa shape index (κ1) is 19.4. The first-order valence-electron chi connectivity index (χ1n) is 8.87. The highest BCUT2D eigenvalue weighted by Crippen LogP contribution is 2.30. The van der Waals surface area contributed by atoms with Gasteiger partial charge in [-0.2, -0.15) is 0 Å². The van der Waals surface area contributed by atoms with Gasteiger partial charge in [0, 0.05) is 16.7 Å². The van der Waals surface area contributed by atoms with Crippen LogP contribution in [0.3, 0.4) is 0 Å². The number of nitro groups is 1. The van der Waals surface area contributed by atoms with Crippen molar-refractivity contribution in [2.75, 3.05) is 4.90 Å². The molecule has 30 heavy (non-hydrogen) atoms. The van der Waals surface area contributed by atoms with E-state index in [0.29, 0.717) is 22.1 Å². The van der Waals surface area contributed by atoms with Crippen LogP contribution >= 0.6 is 11.6 Å². The zero-order chi connectivity index (χ0) is 21.3. The second kappa shape index (κ2) is 7.81. The van der Waals surface area contributed by atoms with Gasteiger partial charge in [0.1, 0.15) is 17.3 Å². The Balaban J connectivity index is 1.85. The zero-order valence-corrected chi connectivity index (χ0v) is 16.2. The van der Waals surface area contributed by atoms with Crippen molar-refractivity contribution in [1.82, 2.24) is 0 Å². The minimum absolute atomic E-state index is 0.0577. The molecule has 4 rings (SSSR count). The first-order valence-corrected chi connectivity index (χ1v) is 9.25. The van der Waals surface area contributed by atoms with E-state index in [9.17, 15) is 20.0 Å². The van der Waals surface area contributed by atoms with E-state index in [-0.39, 0.29) is 22.7 Å². The summed E-state index contributed by atoms with van der Waals surface area (Å²) in [6.07, 6.45) is 1.40. The standard InChI is InChI=1S/C22H14ClN3O4/c23-16-7-5-14(6-8-16)21-24-19(13-15-3-1-2-4-20(15)26(29)30)22(28)25(21)17-9-11-18(27)12-10-17/h1-13,27H. The summed E-state index contributed by atoms with van der Waals surface area (Å²) in [5.41, 5.74) is 1.35. The highest BCUT2D eigenvalue weighted by atomic mass is 35.5. The average molecular weight is 420 g/mol. The van der Waals surface area contributed by atoms with Crippen LogP contribution in [-0.4, -0.2) is 21.8 Å². The summed E-state index contributed by atoms with van der Waals surface area (Å²) in [5, 5.41) is 21.4. The van der Waals surface area contributed by atoms with Crippen LogP contribution in [0.15, 0.2) is 83.5 Å². The molecule has 7 nitrogen and oxygen atoms in total. The third-order valence-corrected chi connectivity index (χ3v) is 4.75. The largest absolute Gasteiger partial charge is 0.508 e. The third kappa shape index (κ3) is 3.66. The number of hydrogen-bond donors (Lipinski definition) is 1. The molecule has 3 aromatic carbocycles. The lowest BCUT2D eigenvalue weighted by molar-refractivity contribution is -0.385. The monoisotopic (exact) mass is 419 g/mol. The number of anilines is 1. The molecule has 1 N–H and O–H groups in total. The Kier molecular flexibility index (Phi) is 5.04. The number of rotatable bonds is 4. The molecule has 0 saturated heterocycles. The Morgan fingerprint density at radius 3 is 2.33 bits per heavy atom. The van der Waals surface area contributed by atoms with Crippen molar-refractivity contribution >= 4 is 40.8 Å². The Morgan fingerprint density at radius 2 is 1.67 bits per heavy atom. The Hall–Kier alpha value is -3.97. The normalized spacial score (nSPS) is 14.8. The number of hydrogen-bond acceptors (Lipinski definition) is 5. The van der Waals surface area contributed by atoms with Crippen molar-refractivity contribution in [3.63, 3.8) is 0 Å². The van der Waals surface area contributed by atoms with Gasteiger partial charge in [-0.15, -0.1) is 0 Å². The van der Waals surface area contributed by atoms with Crippen molar-refractivity contribution in [2.45, 2.75) is 0 Å². The first-order chi connectivity index (χ1) is 14.4. The quantitative estimate of drug-likeness (QED) is 0.373. The molecule has 0 aliphatic carbocycles. The molecule has 0 fully saturated rings. The predicted molar refractivity (Wildman–Crippen MR) is 115 cm³/mol. The molecule has 1 heterocycles. The fourth-order valence-corrected chi connectivity index (χ4v) is 3.20. The maximum atomic E-state index is 13.2. The number of carbonyl (C=O) groups excluding carboxylic acids is 1. The molecular formula is C22H14ClN3O4. The molecule has 1 aliphatic rings. The lowest BCUT2D eigenvalue weighted by Gasteiger charge is -2.18. The van der Waals surface area contributed by atoms with Crippen molar-refractivity contribution in [3.8, 4) is 5.75 Å². The van der Waals surface area contributed by atoms with Crippen LogP contribution in [-0.2, 0) is 4.79 Å². The minimum atomic E-state index is -0.507. The average Bonchev–Trinajstić information content (AvgIpc) is 3.05. The number of nitro benzene ring substituents is 1. The molecular weight excluding hydrogens is 406 g/mol. The van der Waals surface area contributed by atoms with E-state index in [4.69, 9.17) is 11.6 Å². The maximum absolute atomic E-state index is 13.2. The second-order valence-electron chi connectivity index (χ2n) is 6.44. The molecule has 0 saturated carbocycles. The SMILES string of the molecule is O=C1C(=Cc2ccccc2[N+](=O)[O-])N=C(c2ccc(Cl)cc2)N1c1ccc(O)cc1. The van der Waals surface area contributed by atoms with Gasteiger partial charge >= 0.3 is 0 Å². The van der Waals surface area contributed by atoms with Crippen molar-refractivity contribution in [1.29, 1.82) is 0 Å². The van der Waals surface area contributed by atoms with Gasteiger partial charge in [-0.05, 0) is 60.7 Å². The lowest BCUT2D eigenvalue weighted by atomic mass is 10.1. The van der Waals surface area contributed by atoms with E-state index in [0.717, 1.165) is 0 Å². The number of carbonyl (C=O) groups is 1. The van der Waals surface area contributed by atoms with Crippen LogP contribution in [0.1, 0.15) is 11.1 Å². The molecule has 0 spiro atoms. The fourth-order valence-electron chi connectivity index (χ4n) is 3.07. The summed E-state index contributed by atoms with van der Waals surface area (Å²) < 4.78 is 0. The Morgan fingerprint density at radius 1 is 1.00 bits per heavy atom. The molecule has 0 unspecified atom stereocenters. The number of aliphatic imine (C=N–C) groups is 1. The van der Waals surface area contributed by atoms with E-state index in [1.807, 2.05) is 0 Å². The lowest BCUT2D eigenvalue weighted by Crippen LogP contribution is -2.32. The summed E-state index contributed by atoms with van der Waals surface area (Å²) in [6, 6.07) is 19.1. The highest BCUT2D eigenvalue weighted by Gasteiger charge is 2.33. The van der Waals surface area contributed by atoms with Crippen LogP contribution in [0, 0.1) is 10.1 Å². The van der Waals surface area contributed by atoms with Gasteiger partial charge in [0.15, 0.2) is 0 Å². The van der Waals surface area contributed by atoms with Gasteiger partial charge in [0.25, 0.3) is 11.6 Å². The summed E-state index contributed by atoms with van der Waals surface area (Å²) >= 11 is 5.98. The number of nitrogens with zero attached hydrogens (tertiary/aromatic N) is 3. The number of aromatic hydroxyl groups is 1. The molecule has 1 amide bonds. The summed E-state index contributed by atoms with van der Waals surface area (Å²) in [4.78, 5) is 29.9. The Bertz CT molecular complexity index is 1200. The van der Waals surface area contributed by atoms with Crippen molar-refractivity contribution in [2.24, 2.45) is 4.99 Å². The van der Waals surface area contributed by atoms with Gasteiger partial charge < -0.3 is 5.11 Å². The van der Waals surface area contributed by atoms with Crippen molar-refractivity contribution in [3.05, 3.63) is 105 Å². The number of benzene rings is 3. The smallest absolute Gasteiger partial charge is 0.282 e. The molecule has 0 aromatic heterocycles. The molecule has 148 valence electrons. The minimum Gasteiger partial charge on any atom is -0.508 e. The van der Waals surface area contributed by atoms with Crippen LogP contribution in [0.4, 0.5) is 11.4 Å². The molecule has 8 heteroatoms. The molecule has 0 radical (unpaired) electrons. The topological polar surface area (TPSA) is 96.0 Å². The van der Waals surface area contributed by atoms with E-state index in [1.54, 1.807) is 54.6 Å². The molecule has 0 atom stereocenters. The summed E-state index contributed by atoms with van der Waals surface area (Å²) in [5.74, 6) is -0.0259. The van der Waals surface area contributed by atoms with Crippen molar-refractivity contribution < 1.29 is 14.8 Å². The maximum Gasteiger partial charge on any atom is 0.282 e. The number of amidine groups is 1. The van der Waals surface area contributed by atoms with Crippen LogP contribution < -0.4 is 4.90 Å². The van der Waals surface area contributed by atoms with E-state index < -0.39 is 10.8 Å². The van der Waals surface area contributed by atoms with Crippen LogP contribution in [0.25, 0.3) is 6.08 Å². The van der Waals surface area contributed by atoms with Gasteiger partial charge in [-0.25, -0.2) is 4.99 Å². The number of halogens is 1. The summed E-state index contributed by atoms with van der Waals surface area (Å²) in [7, 11) is 0. The number of phenols is 1. The third-order valence-electron chi connectivity index (χ3n) is 4.50. The molecule has 0 bridgehead atoms. The van der Waals surface area contributed by atoms with E-state index >= 15 is 0 Å². The number of amides is 1. The van der Waals surface area contributed by atoms with Crippen LogP contribution in [0.2, 0.25) is 5.02 Å². The van der Waals surface area contributed by atoms with Gasteiger partial charge in [-0.1, -0.05) is 23.7 Å². The predicted octanol–water partition coefficient (Wildman–Crippen LogP) is 4.79. The fraction of sp³-hybridized carbons (Fsp3) is 0. The molecule has 1 aliphatic heterocycles. The van der Waals surface area contributed by atoms with E-state index in [1.165, 1.54) is 29.2 Å². The van der Waals surface area contributed by atoms with Gasteiger partial charge in [0.05, 0.1) is 16.2 Å². The van der Waals surface area contributed by atoms with Gasteiger partial charge in [0.2, 0.25) is 0 Å². The van der Waals surface area contributed by atoms with E-state index in [2.05, 4.69) is 4.99 Å². The molecule has 3 aromatic rings. The number of para-hydroxylation sites is 1. The second-order valence-corrected chi connectivity index (χ2v) is 6.88. The number of phenolic OH excluding ortho intramolecular Hbond substituents is 1. The summed E-state index contributed by atoms with van der Waals surface area (Å²) in [6.45, 7) is 0. The zero-order valence-electron chi connectivity index (χ0n) is 15.4. The Labute approximate surface area is 176 Å².